The summed E-state index contributed by atoms with van der Waals surface area (Å²) in [7, 11) is 0. The molecule has 0 aromatic carbocycles. The van der Waals surface area contributed by atoms with Gasteiger partial charge in [0.25, 0.3) is 0 Å². The summed E-state index contributed by atoms with van der Waals surface area (Å²) in [5.41, 5.74) is 0. The molecule has 0 bridgehead atoms. The standard InChI is InChI=1S/C10H14O2/c1-2-3-4-6-9-7-5-8-10(11)12-9/h3-5,8-9H,2,6-7H2,1H3/b4-3+/t9-/m1/s1. The van der Waals surface area contributed by atoms with E-state index in [0.717, 1.165) is 19.3 Å². The molecule has 1 heterocycles. The van der Waals surface area contributed by atoms with Crippen LogP contribution in [0.4, 0.5) is 0 Å². The van der Waals surface area contributed by atoms with Gasteiger partial charge in [-0.15, -0.1) is 0 Å². The highest BCUT2D eigenvalue weighted by atomic mass is 16.5. The first kappa shape index (κ1) is 9.04. The van der Waals surface area contributed by atoms with Crippen LogP contribution in [0.15, 0.2) is 24.3 Å². The summed E-state index contributed by atoms with van der Waals surface area (Å²) in [4.78, 5) is 10.8. The first-order valence-electron chi connectivity index (χ1n) is 4.35. The lowest BCUT2D eigenvalue weighted by Gasteiger charge is -2.16. The Kier molecular flexibility index (Phi) is 3.58. The van der Waals surface area contributed by atoms with Crippen molar-refractivity contribution in [1.82, 2.24) is 0 Å². The van der Waals surface area contributed by atoms with Gasteiger partial charge in [-0.05, 0) is 6.42 Å². The van der Waals surface area contributed by atoms with E-state index in [9.17, 15) is 4.79 Å². The first-order valence-corrected chi connectivity index (χ1v) is 4.35. The highest BCUT2D eigenvalue weighted by molar-refractivity contribution is 5.82. The Labute approximate surface area is 72.9 Å². The molecule has 1 atom stereocenters. The van der Waals surface area contributed by atoms with Gasteiger partial charge >= 0.3 is 5.97 Å². The molecule has 2 nitrogen and oxygen atoms in total. The van der Waals surface area contributed by atoms with Crippen LogP contribution in [0, 0.1) is 0 Å². The molecule has 2 heteroatoms. The second-order valence-corrected chi connectivity index (χ2v) is 2.81. The molecule has 0 unspecified atom stereocenters. The third-order valence-electron chi connectivity index (χ3n) is 1.74. The highest BCUT2D eigenvalue weighted by Crippen LogP contribution is 2.11. The van der Waals surface area contributed by atoms with Crippen molar-refractivity contribution < 1.29 is 9.53 Å². The van der Waals surface area contributed by atoms with E-state index in [1.54, 1.807) is 0 Å². The summed E-state index contributed by atoms with van der Waals surface area (Å²) in [6.07, 6.45) is 10.3. The van der Waals surface area contributed by atoms with E-state index in [4.69, 9.17) is 4.74 Å². The molecule has 0 saturated carbocycles. The maximum absolute atomic E-state index is 10.8. The van der Waals surface area contributed by atoms with Crippen LogP contribution >= 0.6 is 0 Å². The molecule has 0 N–H and O–H groups in total. The van der Waals surface area contributed by atoms with Gasteiger partial charge in [-0.25, -0.2) is 4.79 Å². The molecule has 0 aromatic rings. The molecular weight excluding hydrogens is 152 g/mol. The van der Waals surface area contributed by atoms with Crippen LogP contribution in [0.3, 0.4) is 0 Å². The fourth-order valence-corrected chi connectivity index (χ4v) is 1.13. The first-order chi connectivity index (χ1) is 5.83. The third kappa shape index (κ3) is 2.91. The monoisotopic (exact) mass is 166 g/mol. The minimum atomic E-state index is -0.212. The summed E-state index contributed by atoms with van der Waals surface area (Å²) >= 11 is 0. The lowest BCUT2D eigenvalue weighted by Crippen LogP contribution is -2.18. The Morgan fingerprint density at radius 2 is 2.50 bits per heavy atom. The maximum Gasteiger partial charge on any atom is 0.330 e. The fraction of sp³-hybridized carbons (Fsp3) is 0.500. The number of hydrogen-bond acceptors (Lipinski definition) is 2. The minimum absolute atomic E-state index is 0.0605. The average Bonchev–Trinajstić information content (AvgIpc) is 2.05. The number of allylic oxidation sites excluding steroid dienone is 1. The van der Waals surface area contributed by atoms with Crippen molar-refractivity contribution in [3.05, 3.63) is 24.3 Å². The minimum Gasteiger partial charge on any atom is -0.459 e. The van der Waals surface area contributed by atoms with Crippen LogP contribution in [0.5, 0.6) is 0 Å². The molecule has 1 rings (SSSR count). The Hall–Kier alpha value is -1.05. The van der Waals surface area contributed by atoms with Crippen molar-refractivity contribution >= 4 is 5.97 Å². The number of esters is 1. The molecule has 66 valence electrons. The van der Waals surface area contributed by atoms with Crippen LogP contribution < -0.4 is 0 Å². The van der Waals surface area contributed by atoms with Crippen molar-refractivity contribution in [2.24, 2.45) is 0 Å². The number of hydrogen-bond donors (Lipinski definition) is 0. The van der Waals surface area contributed by atoms with Gasteiger partial charge in [-0.1, -0.05) is 25.2 Å². The van der Waals surface area contributed by atoms with E-state index in [-0.39, 0.29) is 12.1 Å². The van der Waals surface area contributed by atoms with E-state index >= 15 is 0 Å². The Morgan fingerprint density at radius 1 is 1.67 bits per heavy atom. The van der Waals surface area contributed by atoms with Crippen molar-refractivity contribution in [2.75, 3.05) is 0 Å². The zero-order valence-corrected chi connectivity index (χ0v) is 7.32. The summed E-state index contributed by atoms with van der Waals surface area (Å²) < 4.78 is 5.06. The normalized spacial score (nSPS) is 23.1. The predicted octanol–water partition coefficient (Wildman–Crippen LogP) is 2.21. The molecule has 0 aromatic heterocycles. The largest absolute Gasteiger partial charge is 0.459 e. The van der Waals surface area contributed by atoms with Gasteiger partial charge in [0.2, 0.25) is 0 Å². The van der Waals surface area contributed by atoms with Crippen LogP contribution in [0.1, 0.15) is 26.2 Å². The maximum atomic E-state index is 10.8. The lowest BCUT2D eigenvalue weighted by molar-refractivity contribution is -0.143. The molecule has 12 heavy (non-hydrogen) atoms. The Balaban J connectivity index is 2.30. The number of rotatable bonds is 3. The van der Waals surface area contributed by atoms with Crippen LogP contribution in [0.2, 0.25) is 0 Å². The lowest BCUT2D eigenvalue weighted by atomic mass is 10.1. The van der Waals surface area contributed by atoms with Gasteiger partial charge in [0, 0.05) is 18.9 Å². The zero-order chi connectivity index (χ0) is 8.81. The number of carbonyl (C=O) groups is 1. The van der Waals surface area contributed by atoms with Crippen LogP contribution in [0.25, 0.3) is 0 Å². The summed E-state index contributed by atoms with van der Waals surface area (Å²) in [6, 6.07) is 0. The zero-order valence-electron chi connectivity index (χ0n) is 7.32. The van der Waals surface area contributed by atoms with Gasteiger partial charge in [-0.2, -0.15) is 0 Å². The van der Waals surface area contributed by atoms with Crippen LogP contribution in [-0.4, -0.2) is 12.1 Å². The highest BCUT2D eigenvalue weighted by Gasteiger charge is 2.13. The van der Waals surface area contributed by atoms with Crippen molar-refractivity contribution in [1.29, 1.82) is 0 Å². The van der Waals surface area contributed by atoms with Gasteiger partial charge in [0.05, 0.1) is 0 Å². The molecule has 0 aliphatic carbocycles. The van der Waals surface area contributed by atoms with E-state index in [2.05, 4.69) is 19.1 Å². The molecule has 0 spiro atoms. The molecule has 0 amide bonds. The van der Waals surface area contributed by atoms with Gasteiger partial charge in [0.1, 0.15) is 6.10 Å². The topological polar surface area (TPSA) is 26.3 Å². The fourth-order valence-electron chi connectivity index (χ4n) is 1.13. The van der Waals surface area contributed by atoms with Crippen LogP contribution in [-0.2, 0) is 9.53 Å². The van der Waals surface area contributed by atoms with Crippen molar-refractivity contribution in [2.45, 2.75) is 32.3 Å². The van der Waals surface area contributed by atoms with Crippen molar-refractivity contribution in [3.63, 3.8) is 0 Å². The van der Waals surface area contributed by atoms with Gasteiger partial charge in [-0.3, -0.25) is 0 Å². The SMILES string of the molecule is CC/C=C/C[C@@H]1CC=CC(=O)O1. The molecule has 0 saturated heterocycles. The summed E-state index contributed by atoms with van der Waals surface area (Å²) in [6.45, 7) is 2.09. The molecule has 1 aliphatic rings. The second-order valence-electron chi connectivity index (χ2n) is 2.81. The molecule has 1 aliphatic heterocycles. The smallest absolute Gasteiger partial charge is 0.330 e. The van der Waals surface area contributed by atoms with E-state index in [1.165, 1.54) is 6.08 Å². The Bertz CT molecular complexity index is 204. The third-order valence-corrected chi connectivity index (χ3v) is 1.74. The van der Waals surface area contributed by atoms with Crippen molar-refractivity contribution in [3.8, 4) is 0 Å². The molecule has 0 radical (unpaired) electrons. The summed E-state index contributed by atoms with van der Waals surface area (Å²) in [5.74, 6) is -0.212. The molecular formula is C10H14O2. The van der Waals surface area contributed by atoms with E-state index < -0.39 is 0 Å². The molecule has 0 fully saturated rings. The Morgan fingerprint density at radius 3 is 3.17 bits per heavy atom. The quantitative estimate of drug-likeness (QED) is 0.474. The number of ether oxygens (including phenoxy) is 1. The predicted molar refractivity (Wildman–Crippen MR) is 47.7 cm³/mol. The number of carbonyl (C=O) groups excluding carboxylic acids is 1. The average molecular weight is 166 g/mol. The summed E-state index contributed by atoms with van der Waals surface area (Å²) in [5, 5.41) is 0. The van der Waals surface area contributed by atoms with E-state index in [1.807, 2.05) is 6.08 Å². The van der Waals surface area contributed by atoms with E-state index in [0.29, 0.717) is 0 Å². The second kappa shape index (κ2) is 4.75. The van der Waals surface area contributed by atoms with Gasteiger partial charge in [0.15, 0.2) is 0 Å². The van der Waals surface area contributed by atoms with Gasteiger partial charge < -0.3 is 4.74 Å². The number of cyclic esters (lactones) is 1.